The van der Waals surface area contributed by atoms with Crippen LogP contribution in [0, 0.1) is 0 Å². The number of hydrogen-bond acceptors (Lipinski definition) is 3. The van der Waals surface area contributed by atoms with Gasteiger partial charge in [-0.05, 0) is 23.6 Å². The van der Waals surface area contributed by atoms with Gasteiger partial charge in [0.25, 0.3) is 0 Å². The molecular formula is C15H17F3N2O2S. The number of sulfone groups is 1. The van der Waals surface area contributed by atoms with Crippen molar-refractivity contribution in [1.29, 1.82) is 0 Å². The van der Waals surface area contributed by atoms with Crippen molar-refractivity contribution < 1.29 is 21.6 Å². The maximum atomic E-state index is 12.5. The van der Waals surface area contributed by atoms with E-state index in [4.69, 9.17) is 0 Å². The average Bonchev–Trinajstić information content (AvgIpc) is 2.83. The SMILES string of the molecule is CC(C)c1ccc(S(=O)(=O)Cc2nccn2CC(F)(F)F)cc1. The fraction of sp³-hybridized carbons (Fsp3) is 0.400. The third kappa shape index (κ3) is 4.57. The van der Waals surface area contributed by atoms with Crippen molar-refractivity contribution in [2.75, 3.05) is 0 Å². The van der Waals surface area contributed by atoms with Crippen molar-refractivity contribution in [1.82, 2.24) is 9.55 Å². The zero-order valence-corrected chi connectivity index (χ0v) is 13.5. The molecule has 4 nitrogen and oxygen atoms in total. The summed E-state index contributed by atoms with van der Waals surface area (Å²) in [4.78, 5) is 3.81. The summed E-state index contributed by atoms with van der Waals surface area (Å²) >= 11 is 0. The van der Waals surface area contributed by atoms with Gasteiger partial charge in [0.2, 0.25) is 0 Å². The zero-order valence-electron chi connectivity index (χ0n) is 12.7. The molecule has 0 aliphatic rings. The van der Waals surface area contributed by atoms with Crippen molar-refractivity contribution in [3.8, 4) is 0 Å². The molecule has 1 heterocycles. The highest BCUT2D eigenvalue weighted by molar-refractivity contribution is 7.90. The summed E-state index contributed by atoms with van der Waals surface area (Å²) in [7, 11) is -3.75. The van der Waals surface area contributed by atoms with Gasteiger partial charge in [-0.25, -0.2) is 13.4 Å². The van der Waals surface area contributed by atoms with Gasteiger partial charge in [-0.2, -0.15) is 13.2 Å². The second kappa shape index (κ2) is 6.35. The summed E-state index contributed by atoms with van der Waals surface area (Å²) in [5, 5.41) is 0. The topological polar surface area (TPSA) is 52.0 Å². The lowest BCUT2D eigenvalue weighted by Crippen LogP contribution is -2.20. The van der Waals surface area contributed by atoms with Gasteiger partial charge in [-0.3, -0.25) is 0 Å². The van der Waals surface area contributed by atoms with Gasteiger partial charge in [-0.1, -0.05) is 26.0 Å². The van der Waals surface area contributed by atoms with Gasteiger partial charge in [0, 0.05) is 12.4 Å². The summed E-state index contributed by atoms with van der Waals surface area (Å²) in [5.41, 5.74) is 0.988. The van der Waals surface area contributed by atoms with Gasteiger partial charge in [0.1, 0.15) is 18.1 Å². The molecule has 0 atom stereocenters. The van der Waals surface area contributed by atoms with Crippen LogP contribution in [0.2, 0.25) is 0 Å². The zero-order chi connectivity index (χ0) is 17.3. The first-order valence-electron chi connectivity index (χ1n) is 6.98. The van der Waals surface area contributed by atoms with Crippen molar-refractivity contribution in [2.24, 2.45) is 0 Å². The molecule has 0 aliphatic heterocycles. The average molecular weight is 346 g/mol. The largest absolute Gasteiger partial charge is 0.406 e. The third-order valence-corrected chi connectivity index (χ3v) is 5.00. The molecule has 2 aromatic rings. The Balaban J connectivity index is 2.23. The Hall–Kier alpha value is -1.83. The molecule has 0 bridgehead atoms. The molecule has 23 heavy (non-hydrogen) atoms. The number of aromatic nitrogens is 2. The first-order chi connectivity index (χ1) is 10.6. The summed E-state index contributed by atoms with van der Waals surface area (Å²) < 4.78 is 63.0. The summed E-state index contributed by atoms with van der Waals surface area (Å²) in [6.07, 6.45) is -2.14. The minimum atomic E-state index is -4.43. The van der Waals surface area contributed by atoms with Gasteiger partial charge in [0.15, 0.2) is 9.84 Å². The molecule has 0 radical (unpaired) electrons. The quantitative estimate of drug-likeness (QED) is 0.832. The Bertz CT molecular complexity index is 763. The first kappa shape index (κ1) is 17.5. The van der Waals surface area contributed by atoms with Crippen LogP contribution in [-0.4, -0.2) is 24.1 Å². The number of imidazole rings is 1. The van der Waals surface area contributed by atoms with Crippen LogP contribution in [0.5, 0.6) is 0 Å². The fourth-order valence-electron chi connectivity index (χ4n) is 2.13. The second-order valence-electron chi connectivity index (χ2n) is 5.57. The maximum absolute atomic E-state index is 12.5. The van der Waals surface area contributed by atoms with Crippen LogP contribution in [-0.2, 0) is 22.1 Å². The number of nitrogens with zero attached hydrogens (tertiary/aromatic N) is 2. The fourth-order valence-corrected chi connectivity index (χ4v) is 3.43. The number of alkyl halides is 3. The molecule has 2 rings (SSSR count). The molecule has 1 aromatic carbocycles. The molecule has 0 N–H and O–H groups in total. The van der Waals surface area contributed by atoms with Gasteiger partial charge >= 0.3 is 6.18 Å². The van der Waals surface area contributed by atoms with E-state index >= 15 is 0 Å². The predicted octanol–water partition coefficient (Wildman–Crippen LogP) is 3.54. The third-order valence-electron chi connectivity index (χ3n) is 3.38. The van der Waals surface area contributed by atoms with Crippen molar-refractivity contribution in [3.63, 3.8) is 0 Å². The first-order valence-corrected chi connectivity index (χ1v) is 8.63. The van der Waals surface area contributed by atoms with Gasteiger partial charge < -0.3 is 4.57 Å². The second-order valence-corrected chi connectivity index (χ2v) is 7.56. The number of halogens is 3. The molecule has 8 heteroatoms. The summed E-state index contributed by atoms with van der Waals surface area (Å²) in [5.74, 6) is -0.440. The van der Waals surface area contributed by atoms with Crippen LogP contribution in [0.1, 0.15) is 31.2 Å². The molecule has 0 aliphatic carbocycles. The molecule has 0 saturated heterocycles. The monoisotopic (exact) mass is 346 g/mol. The molecule has 0 fully saturated rings. The highest BCUT2D eigenvalue weighted by Crippen LogP contribution is 2.22. The Morgan fingerprint density at radius 2 is 1.78 bits per heavy atom. The van der Waals surface area contributed by atoms with Crippen LogP contribution in [0.3, 0.4) is 0 Å². The summed E-state index contributed by atoms with van der Waals surface area (Å²) in [6.45, 7) is 2.71. The molecule has 1 aromatic heterocycles. The van der Waals surface area contributed by atoms with E-state index in [1.807, 2.05) is 13.8 Å². The normalized spacial score (nSPS) is 12.8. The van der Waals surface area contributed by atoms with Crippen LogP contribution in [0.25, 0.3) is 0 Å². The highest BCUT2D eigenvalue weighted by Gasteiger charge is 2.29. The minimum Gasteiger partial charge on any atom is -0.325 e. The molecule has 0 spiro atoms. The molecule has 0 unspecified atom stereocenters. The number of hydrogen-bond donors (Lipinski definition) is 0. The Morgan fingerprint density at radius 3 is 2.30 bits per heavy atom. The highest BCUT2D eigenvalue weighted by atomic mass is 32.2. The van der Waals surface area contributed by atoms with E-state index in [9.17, 15) is 21.6 Å². The summed E-state index contributed by atoms with van der Waals surface area (Å²) in [6, 6.07) is 6.36. The van der Waals surface area contributed by atoms with E-state index in [1.165, 1.54) is 18.3 Å². The Morgan fingerprint density at radius 1 is 1.17 bits per heavy atom. The van der Waals surface area contributed by atoms with E-state index in [0.717, 1.165) is 16.3 Å². The predicted molar refractivity (Wildman–Crippen MR) is 79.7 cm³/mol. The van der Waals surface area contributed by atoms with Crippen molar-refractivity contribution >= 4 is 9.84 Å². The molecule has 0 amide bonds. The molecule has 0 saturated carbocycles. The van der Waals surface area contributed by atoms with Crippen molar-refractivity contribution in [2.45, 2.75) is 43.1 Å². The lowest BCUT2D eigenvalue weighted by molar-refractivity contribution is -0.141. The maximum Gasteiger partial charge on any atom is 0.406 e. The minimum absolute atomic E-state index is 0.0726. The lowest BCUT2D eigenvalue weighted by atomic mass is 10.0. The van der Waals surface area contributed by atoms with Crippen molar-refractivity contribution in [3.05, 3.63) is 48.0 Å². The van der Waals surface area contributed by atoms with Crippen LogP contribution in [0.4, 0.5) is 13.2 Å². The van der Waals surface area contributed by atoms with E-state index in [2.05, 4.69) is 4.98 Å². The Kier molecular flexibility index (Phi) is 4.84. The van der Waals surface area contributed by atoms with E-state index in [-0.39, 0.29) is 16.6 Å². The van der Waals surface area contributed by atoms with E-state index in [0.29, 0.717) is 0 Å². The number of benzene rings is 1. The number of rotatable bonds is 5. The van der Waals surface area contributed by atoms with Crippen LogP contribution < -0.4 is 0 Å². The smallest absolute Gasteiger partial charge is 0.325 e. The Labute approximate surface area is 132 Å². The van der Waals surface area contributed by atoms with Gasteiger partial charge in [-0.15, -0.1) is 0 Å². The molecule has 126 valence electrons. The van der Waals surface area contributed by atoms with E-state index in [1.54, 1.807) is 12.1 Å². The van der Waals surface area contributed by atoms with Crippen LogP contribution in [0.15, 0.2) is 41.6 Å². The van der Waals surface area contributed by atoms with Gasteiger partial charge in [0.05, 0.1) is 4.90 Å². The van der Waals surface area contributed by atoms with E-state index < -0.39 is 28.3 Å². The van der Waals surface area contributed by atoms with Crippen LogP contribution >= 0.6 is 0 Å². The standard InChI is InChI=1S/C15H17F3N2O2S/c1-11(2)12-3-5-13(6-4-12)23(21,22)9-14-19-7-8-20(14)10-15(16,17)18/h3-8,11H,9-10H2,1-2H3. The molecular weight excluding hydrogens is 329 g/mol. The lowest BCUT2D eigenvalue weighted by Gasteiger charge is -2.11.